The van der Waals surface area contributed by atoms with Gasteiger partial charge < -0.3 is 9.64 Å². The highest BCUT2D eigenvalue weighted by molar-refractivity contribution is 5.83. The van der Waals surface area contributed by atoms with Gasteiger partial charge in [0.1, 0.15) is 11.5 Å². The molecule has 0 aromatic heterocycles. The minimum Gasteiger partial charge on any atom is -0.497 e. The van der Waals surface area contributed by atoms with E-state index in [1.807, 2.05) is 48.5 Å². The molecule has 1 fully saturated rings. The number of ketones is 1. The van der Waals surface area contributed by atoms with Crippen LogP contribution in [0.1, 0.15) is 36.1 Å². The number of hydrogen-bond donors (Lipinski definition) is 0. The highest BCUT2D eigenvalue weighted by Gasteiger charge is 2.36. The molecule has 3 nitrogen and oxygen atoms in total. The van der Waals surface area contributed by atoms with E-state index in [1.165, 1.54) is 11.1 Å². The summed E-state index contributed by atoms with van der Waals surface area (Å²) < 4.78 is 5.32. The quantitative estimate of drug-likeness (QED) is 0.630. The van der Waals surface area contributed by atoms with Crippen molar-refractivity contribution in [2.45, 2.75) is 24.9 Å². The molecule has 0 bridgehead atoms. The van der Waals surface area contributed by atoms with Gasteiger partial charge in [-0.2, -0.15) is 0 Å². The van der Waals surface area contributed by atoms with Crippen LogP contribution in [0.2, 0.25) is 0 Å². The lowest BCUT2D eigenvalue weighted by Gasteiger charge is -2.44. The number of hydrogen-bond acceptors (Lipinski definition) is 3. The van der Waals surface area contributed by atoms with Crippen LogP contribution in [0.5, 0.6) is 5.75 Å². The number of carbonyl (C=O) groups is 1. The second-order valence-corrected chi connectivity index (χ2v) is 6.91. The van der Waals surface area contributed by atoms with Gasteiger partial charge in [-0.05, 0) is 35.4 Å². The maximum absolute atomic E-state index is 12.7. The summed E-state index contributed by atoms with van der Waals surface area (Å²) in [6.07, 6.45) is 1.05. The van der Waals surface area contributed by atoms with Crippen molar-refractivity contribution in [3.05, 3.63) is 96.1 Å². The highest BCUT2D eigenvalue weighted by Crippen LogP contribution is 2.43. The van der Waals surface area contributed by atoms with Crippen molar-refractivity contribution in [3.63, 3.8) is 0 Å². The lowest BCUT2D eigenvalue weighted by molar-refractivity contribution is -0.121. The Balaban J connectivity index is 1.81. The molecular weight excluding hydrogens is 334 g/mol. The Bertz CT molecular complexity index is 839. The normalized spacial score (nSPS) is 19.7. The zero-order chi connectivity index (χ0) is 18.6. The number of Topliss-reactive ketones (excluding diaryl/α,β-unsaturated/α-hetero) is 1. The molecular formula is C24H23NO2. The fraction of sp³-hybridized carbons (Fsp3) is 0.208. The Morgan fingerprint density at radius 3 is 1.67 bits per heavy atom. The van der Waals surface area contributed by atoms with Crippen molar-refractivity contribution in [1.29, 1.82) is 0 Å². The van der Waals surface area contributed by atoms with Crippen molar-refractivity contribution in [3.8, 4) is 5.75 Å². The second-order valence-electron chi connectivity index (χ2n) is 6.91. The van der Waals surface area contributed by atoms with Crippen molar-refractivity contribution in [1.82, 2.24) is 0 Å². The van der Waals surface area contributed by atoms with Crippen molar-refractivity contribution >= 4 is 11.5 Å². The van der Waals surface area contributed by atoms with Crippen LogP contribution in [0.3, 0.4) is 0 Å². The van der Waals surface area contributed by atoms with Gasteiger partial charge in [0.05, 0.1) is 19.2 Å². The molecule has 1 saturated heterocycles. The molecule has 2 atom stereocenters. The van der Waals surface area contributed by atoms with Crippen molar-refractivity contribution in [2.24, 2.45) is 0 Å². The van der Waals surface area contributed by atoms with E-state index in [2.05, 4.69) is 41.3 Å². The zero-order valence-electron chi connectivity index (χ0n) is 15.4. The van der Waals surface area contributed by atoms with Crippen LogP contribution >= 0.6 is 0 Å². The first-order valence-electron chi connectivity index (χ1n) is 9.30. The summed E-state index contributed by atoms with van der Waals surface area (Å²) in [5.74, 6) is 1.14. The van der Waals surface area contributed by atoms with Crippen LogP contribution in [0.15, 0.2) is 84.9 Å². The smallest absolute Gasteiger partial charge is 0.137 e. The van der Waals surface area contributed by atoms with Crippen LogP contribution in [-0.2, 0) is 4.79 Å². The maximum atomic E-state index is 12.7. The largest absolute Gasteiger partial charge is 0.497 e. The Hall–Kier alpha value is -3.07. The van der Waals surface area contributed by atoms with Gasteiger partial charge in [-0.15, -0.1) is 0 Å². The second kappa shape index (κ2) is 7.67. The number of benzene rings is 3. The van der Waals surface area contributed by atoms with Crippen LogP contribution in [0.4, 0.5) is 5.69 Å². The topological polar surface area (TPSA) is 29.5 Å². The third-order valence-corrected chi connectivity index (χ3v) is 5.25. The van der Waals surface area contributed by atoms with Gasteiger partial charge in [0.15, 0.2) is 0 Å². The van der Waals surface area contributed by atoms with E-state index in [4.69, 9.17) is 4.74 Å². The molecule has 4 rings (SSSR count). The van der Waals surface area contributed by atoms with E-state index in [1.54, 1.807) is 7.11 Å². The van der Waals surface area contributed by atoms with E-state index in [-0.39, 0.29) is 12.1 Å². The molecule has 3 aromatic carbocycles. The molecule has 3 heteroatoms. The summed E-state index contributed by atoms with van der Waals surface area (Å²) in [4.78, 5) is 15.1. The predicted molar refractivity (Wildman–Crippen MR) is 108 cm³/mol. The molecule has 136 valence electrons. The lowest BCUT2D eigenvalue weighted by atomic mass is 9.86. The minimum absolute atomic E-state index is 0.0195. The standard InChI is InChI=1S/C24H23NO2/c1-27-22-14-12-20(13-15-22)25-23(18-8-4-2-5-9-18)16-21(26)17-24(25)19-10-6-3-7-11-19/h2-15,23-24H,16-17H2,1H3/t23-,24+. The Kier molecular flexibility index (Phi) is 4.93. The number of ether oxygens (including phenoxy) is 1. The summed E-state index contributed by atoms with van der Waals surface area (Å²) in [6.45, 7) is 0. The molecule has 0 radical (unpaired) electrons. The molecule has 0 spiro atoms. The summed E-state index contributed by atoms with van der Waals surface area (Å²) in [7, 11) is 1.67. The van der Waals surface area contributed by atoms with Gasteiger partial charge in [0, 0.05) is 18.5 Å². The highest BCUT2D eigenvalue weighted by atomic mass is 16.5. The van der Waals surface area contributed by atoms with Gasteiger partial charge in [0.25, 0.3) is 0 Å². The number of nitrogens with zero attached hydrogens (tertiary/aromatic N) is 1. The van der Waals surface area contributed by atoms with E-state index in [0.29, 0.717) is 18.6 Å². The van der Waals surface area contributed by atoms with Gasteiger partial charge >= 0.3 is 0 Å². The lowest BCUT2D eigenvalue weighted by Crippen LogP contribution is -2.40. The average Bonchev–Trinajstić information content (AvgIpc) is 2.74. The SMILES string of the molecule is COc1ccc(N2[C@@H](c3ccccc3)CC(=O)C[C@H]2c2ccccc2)cc1. The van der Waals surface area contributed by atoms with E-state index in [0.717, 1.165) is 11.4 Å². The minimum atomic E-state index is 0.0195. The number of carbonyl (C=O) groups excluding carboxylic acids is 1. The number of rotatable bonds is 4. The molecule has 0 aliphatic carbocycles. The van der Waals surface area contributed by atoms with Crippen LogP contribution in [0, 0.1) is 0 Å². The Morgan fingerprint density at radius 2 is 1.22 bits per heavy atom. The molecule has 1 heterocycles. The van der Waals surface area contributed by atoms with Crippen LogP contribution in [0.25, 0.3) is 0 Å². The van der Waals surface area contributed by atoms with Gasteiger partial charge in [-0.3, -0.25) is 4.79 Å². The molecule has 27 heavy (non-hydrogen) atoms. The average molecular weight is 357 g/mol. The first kappa shape index (κ1) is 17.3. The molecule has 3 aromatic rings. The maximum Gasteiger partial charge on any atom is 0.137 e. The molecule has 1 aliphatic rings. The number of methoxy groups -OCH3 is 1. The molecule has 0 unspecified atom stereocenters. The third-order valence-electron chi connectivity index (χ3n) is 5.25. The summed E-state index contributed by atoms with van der Waals surface area (Å²) in [6, 6.07) is 28.8. The monoisotopic (exact) mass is 357 g/mol. The van der Waals surface area contributed by atoms with Crippen molar-refractivity contribution < 1.29 is 9.53 Å². The first-order valence-corrected chi connectivity index (χ1v) is 9.30. The summed E-state index contributed by atoms with van der Waals surface area (Å²) in [5, 5.41) is 0. The van der Waals surface area contributed by atoms with E-state index >= 15 is 0 Å². The van der Waals surface area contributed by atoms with Gasteiger partial charge in [-0.25, -0.2) is 0 Å². The van der Waals surface area contributed by atoms with Crippen LogP contribution in [-0.4, -0.2) is 12.9 Å². The van der Waals surface area contributed by atoms with E-state index in [9.17, 15) is 4.79 Å². The fourth-order valence-corrected chi connectivity index (χ4v) is 3.95. The molecule has 0 amide bonds. The third kappa shape index (κ3) is 3.59. The van der Waals surface area contributed by atoms with Crippen LogP contribution < -0.4 is 9.64 Å². The number of anilines is 1. The van der Waals surface area contributed by atoms with E-state index < -0.39 is 0 Å². The fourth-order valence-electron chi connectivity index (χ4n) is 3.95. The molecule has 1 aliphatic heterocycles. The van der Waals surface area contributed by atoms with Gasteiger partial charge in [0.2, 0.25) is 0 Å². The summed E-state index contributed by atoms with van der Waals surface area (Å²) in [5.41, 5.74) is 3.44. The Morgan fingerprint density at radius 1 is 0.741 bits per heavy atom. The number of piperidine rings is 1. The zero-order valence-corrected chi connectivity index (χ0v) is 15.4. The van der Waals surface area contributed by atoms with Gasteiger partial charge in [-0.1, -0.05) is 60.7 Å². The van der Waals surface area contributed by atoms with Crippen molar-refractivity contribution in [2.75, 3.05) is 12.0 Å². The summed E-state index contributed by atoms with van der Waals surface area (Å²) >= 11 is 0. The predicted octanol–water partition coefficient (Wildman–Crippen LogP) is 5.35. The first-order chi connectivity index (χ1) is 13.3. The molecule has 0 N–H and O–H groups in total. The Labute approximate surface area is 160 Å². The molecule has 0 saturated carbocycles.